The van der Waals surface area contributed by atoms with Gasteiger partial charge in [-0.05, 0) is 78.7 Å². The number of aryl methyl sites for hydroxylation is 1. The SMILES string of the molecule is CCCCc1ccccc1-c1c(C#N)c(C#N)cc2cc(F)cc(Nc3ccc(C(=O)OCC)cc3)c12. The number of halogens is 1. The van der Waals surface area contributed by atoms with E-state index in [2.05, 4.69) is 24.4 Å². The molecule has 5 nitrogen and oxygen atoms in total. The molecule has 0 saturated heterocycles. The van der Waals surface area contributed by atoms with Gasteiger partial charge in [-0.3, -0.25) is 0 Å². The highest BCUT2D eigenvalue weighted by molar-refractivity contribution is 6.09. The molecule has 0 aliphatic rings. The second kappa shape index (κ2) is 11.4. The summed E-state index contributed by atoms with van der Waals surface area (Å²) >= 11 is 0. The molecule has 0 bridgehead atoms. The van der Waals surface area contributed by atoms with Gasteiger partial charge >= 0.3 is 5.97 Å². The van der Waals surface area contributed by atoms with Crippen molar-refractivity contribution >= 4 is 28.1 Å². The van der Waals surface area contributed by atoms with Crippen LogP contribution >= 0.6 is 0 Å². The van der Waals surface area contributed by atoms with Crippen LogP contribution < -0.4 is 5.32 Å². The number of hydrogen-bond acceptors (Lipinski definition) is 5. The molecule has 184 valence electrons. The van der Waals surface area contributed by atoms with Gasteiger partial charge in [0.05, 0.1) is 23.3 Å². The van der Waals surface area contributed by atoms with Gasteiger partial charge in [0.1, 0.15) is 18.0 Å². The number of nitrogens with zero attached hydrogens (tertiary/aromatic N) is 2. The van der Waals surface area contributed by atoms with Gasteiger partial charge in [0.25, 0.3) is 0 Å². The van der Waals surface area contributed by atoms with Crippen molar-refractivity contribution in [3.05, 3.63) is 94.8 Å². The van der Waals surface area contributed by atoms with E-state index in [0.717, 1.165) is 30.4 Å². The summed E-state index contributed by atoms with van der Waals surface area (Å²) in [4.78, 5) is 12.0. The van der Waals surface area contributed by atoms with Crippen LogP contribution in [-0.4, -0.2) is 12.6 Å². The van der Waals surface area contributed by atoms with Crippen LogP contribution in [0, 0.1) is 28.5 Å². The molecule has 1 N–H and O–H groups in total. The van der Waals surface area contributed by atoms with E-state index >= 15 is 0 Å². The van der Waals surface area contributed by atoms with Gasteiger partial charge < -0.3 is 10.1 Å². The van der Waals surface area contributed by atoms with E-state index in [4.69, 9.17) is 4.74 Å². The minimum Gasteiger partial charge on any atom is -0.462 e. The van der Waals surface area contributed by atoms with E-state index in [1.807, 2.05) is 24.3 Å². The normalized spacial score (nSPS) is 10.5. The van der Waals surface area contributed by atoms with E-state index in [9.17, 15) is 19.7 Å². The summed E-state index contributed by atoms with van der Waals surface area (Å²) in [6, 6.07) is 23.2. The molecule has 0 spiro atoms. The summed E-state index contributed by atoms with van der Waals surface area (Å²) in [5.41, 5.74) is 4.47. The third-order valence-electron chi connectivity index (χ3n) is 6.20. The van der Waals surface area contributed by atoms with Crippen LogP contribution in [0.15, 0.2) is 66.7 Å². The molecule has 37 heavy (non-hydrogen) atoms. The van der Waals surface area contributed by atoms with Crippen molar-refractivity contribution in [3.8, 4) is 23.3 Å². The van der Waals surface area contributed by atoms with Crippen molar-refractivity contribution in [1.29, 1.82) is 10.5 Å². The Hall–Kier alpha value is -4.68. The minimum atomic E-state index is -0.475. The third kappa shape index (κ3) is 5.29. The Labute approximate surface area is 215 Å². The van der Waals surface area contributed by atoms with Crippen LogP contribution in [0.2, 0.25) is 0 Å². The fraction of sp³-hybridized carbons (Fsp3) is 0.194. The number of fused-ring (bicyclic) bond motifs is 1. The van der Waals surface area contributed by atoms with Crippen LogP contribution in [0.25, 0.3) is 21.9 Å². The first-order chi connectivity index (χ1) is 18.0. The molecule has 4 aromatic rings. The Kier molecular flexibility index (Phi) is 7.81. The fourth-order valence-electron chi connectivity index (χ4n) is 4.49. The molecule has 4 aromatic carbocycles. The number of anilines is 2. The largest absolute Gasteiger partial charge is 0.462 e. The highest BCUT2D eigenvalue weighted by Gasteiger charge is 2.21. The molecular weight excluding hydrogens is 465 g/mol. The average Bonchev–Trinajstić information content (AvgIpc) is 2.91. The summed E-state index contributed by atoms with van der Waals surface area (Å²) in [6.45, 7) is 4.14. The Morgan fingerprint density at radius 2 is 1.76 bits per heavy atom. The molecular formula is C31H26FN3O2. The van der Waals surface area contributed by atoms with Gasteiger partial charge in [-0.1, -0.05) is 37.6 Å². The van der Waals surface area contributed by atoms with Gasteiger partial charge in [0.2, 0.25) is 0 Å². The molecule has 0 radical (unpaired) electrons. The summed E-state index contributed by atoms with van der Waals surface area (Å²) in [6.07, 6.45) is 2.80. The zero-order valence-electron chi connectivity index (χ0n) is 20.8. The Balaban J connectivity index is 1.95. The first-order valence-corrected chi connectivity index (χ1v) is 12.2. The van der Waals surface area contributed by atoms with E-state index in [-0.39, 0.29) is 17.7 Å². The molecule has 0 unspecified atom stereocenters. The predicted octanol–water partition coefficient (Wildman–Crippen LogP) is 7.65. The number of carbonyl (C=O) groups is 1. The number of carbonyl (C=O) groups excluding carboxylic acids is 1. The topological polar surface area (TPSA) is 85.9 Å². The fourth-order valence-corrected chi connectivity index (χ4v) is 4.49. The molecule has 6 heteroatoms. The standard InChI is InChI=1S/C31H26FN3O2/c1-3-5-8-20-9-6-7-10-26(20)30-27(19-34)23(18-33)15-22-16-24(32)17-28(29(22)30)35-25-13-11-21(12-14-25)31(36)37-4-2/h6-7,9-17,35H,3-5,8H2,1-2H3. The molecule has 0 aliphatic carbocycles. The van der Waals surface area contributed by atoms with Crippen LogP contribution in [0.1, 0.15) is 53.7 Å². The smallest absolute Gasteiger partial charge is 0.338 e. The number of ether oxygens (including phenoxy) is 1. The maximum absolute atomic E-state index is 14.8. The summed E-state index contributed by atoms with van der Waals surface area (Å²) in [7, 11) is 0. The van der Waals surface area contributed by atoms with Crippen LogP contribution in [-0.2, 0) is 11.2 Å². The van der Waals surface area contributed by atoms with Crippen molar-refractivity contribution in [1.82, 2.24) is 0 Å². The molecule has 0 fully saturated rings. The number of esters is 1. The first-order valence-electron chi connectivity index (χ1n) is 12.2. The Morgan fingerprint density at radius 1 is 1.00 bits per heavy atom. The van der Waals surface area contributed by atoms with E-state index in [1.165, 1.54) is 12.1 Å². The lowest BCUT2D eigenvalue weighted by molar-refractivity contribution is 0.0526. The monoisotopic (exact) mass is 491 g/mol. The Bertz CT molecular complexity index is 1550. The van der Waals surface area contributed by atoms with Gasteiger partial charge in [0, 0.05) is 22.3 Å². The molecule has 0 heterocycles. The second-order valence-electron chi connectivity index (χ2n) is 8.63. The lowest BCUT2D eigenvalue weighted by Gasteiger charge is -2.19. The van der Waals surface area contributed by atoms with Crippen molar-refractivity contribution in [2.45, 2.75) is 33.1 Å². The van der Waals surface area contributed by atoms with Crippen molar-refractivity contribution < 1.29 is 13.9 Å². The van der Waals surface area contributed by atoms with E-state index in [0.29, 0.717) is 33.3 Å². The predicted molar refractivity (Wildman–Crippen MR) is 143 cm³/mol. The van der Waals surface area contributed by atoms with Crippen molar-refractivity contribution in [2.75, 3.05) is 11.9 Å². The number of nitriles is 2. The highest BCUT2D eigenvalue weighted by Crippen LogP contribution is 2.41. The maximum atomic E-state index is 14.8. The molecule has 0 atom stereocenters. The minimum absolute atomic E-state index is 0.200. The summed E-state index contributed by atoms with van der Waals surface area (Å²) < 4.78 is 19.8. The second-order valence-corrected chi connectivity index (χ2v) is 8.63. The zero-order valence-corrected chi connectivity index (χ0v) is 20.8. The van der Waals surface area contributed by atoms with E-state index in [1.54, 1.807) is 37.3 Å². The number of benzene rings is 4. The van der Waals surface area contributed by atoms with Crippen molar-refractivity contribution in [3.63, 3.8) is 0 Å². The number of unbranched alkanes of at least 4 members (excludes halogenated alkanes) is 1. The lowest BCUT2D eigenvalue weighted by atomic mass is 9.86. The molecule has 0 amide bonds. The van der Waals surface area contributed by atoms with Crippen LogP contribution in [0.3, 0.4) is 0 Å². The van der Waals surface area contributed by atoms with Crippen LogP contribution in [0.4, 0.5) is 15.8 Å². The molecule has 0 aromatic heterocycles. The summed E-state index contributed by atoms with van der Waals surface area (Å²) in [5, 5.41) is 24.4. The van der Waals surface area contributed by atoms with Gasteiger partial charge in [0.15, 0.2) is 0 Å². The van der Waals surface area contributed by atoms with E-state index < -0.39 is 11.8 Å². The number of nitrogens with one attached hydrogen (secondary N) is 1. The number of hydrogen-bond donors (Lipinski definition) is 1. The van der Waals surface area contributed by atoms with Crippen LogP contribution in [0.5, 0.6) is 0 Å². The third-order valence-corrected chi connectivity index (χ3v) is 6.20. The molecule has 0 aliphatic heterocycles. The first kappa shape index (κ1) is 25.4. The summed E-state index contributed by atoms with van der Waals surface area (Å²) in [5.74, 6) is -0.893. The average molecular weight is 492 g/mol. The molecule has 0 saturated carbocycles. The lowest BCUT2D eigenvalue weighted by Crippen LogP contribution is -2.04. The van der Waals surface area contributed by atoms with Gasteiger partial charge in [-0.25, -0.2) is 9.18 Å². The Morgan fingerprint density at radius 3 is 2.43 bits per heavy atom. The molecule has 4 rings (SSSR count). The number of rotatable bonds is 8. The van der Waals surface area contributed by atoms with Gasteiger partial charge in [-0.15, -0.1) is 0 Å². The van der Waals surface area contributed by atoms with Gasteiger partial charge in [-0.2, -0.15) is 10.5 Å². The maximum Gasteiger partial charge on any atom is 0.338 e. The zero-order chi connectivity index (χ0) is 26.4. The highest BCUT2D eigenvalue weighted by atomic mass is 19.1. The quantitative estimate of drug-likeness (QED) is 0.256. The van der Waals surface area contributed by atoms with Crippen molar-refractivity contribution in [2.24, 2.45) is 0 Å².